The summed E-state index contributed by atoms with van der Waals surface area (Å²) in [6.45, 7) is 7.90. The average Bonchev–Trinajstić information content (AvgIpc) is 2.38. The molecule has 0 saturated carbocycles. The van der Waals surface area contributed by atoms with Crippen molar-refractivity contribution in [3.05, 3.63) is 29.3 Å². The molecule has 2 nitrogen and oxygen atoms in total. The molecule has 0 heterocycles. The second-order valence-corrected chi connectivity index (χ2v) is 4.86. The van der Waals surface area contributed by atoms with E-state index in [0.717, 1.165) is 25.0 Å². The summed E-state index contributed by atoms with van der Waals surface area (Å²) in [4.78, 5) is 10.0. The Kier molecular flexibility index (Phi) is 9.87. The van der Waals surface area contributed by atoms with E-state index < -0.39 is 0 Å². The van der Waals surface area contributed by atoms with Gasteiger partial charge in [0.25, 0.3) is 0 Å². The molecule has 19 heavy (non-hydrogen) atoms. The third-order valence-corrected chi connectivity index (χ3v) is 2.89. The van der Waals surface area contributed by atoms with Crippen LogP contribution in [0.4, 0.5) is 0 Å². The number of carbonyl (C=O) groups is 1. The van der Waals surface area contributed by atoms with E-state index in [1.54, 1.807) is 14.0 Å². The summed E-state index contributed by atoms with van der Waals surface area (Å²) >= 11 is 0. The second-order valence-electron chi connectivity index (χ2n) is 4.86. The number of Topliss-reactive ketones (excluding diaryl/α,β-unsaturated/α-hetero) is 1. The highest BCUT2D eigenvalue weighted by molar-refractivity contribution is 5.75. The zero-order chi connectivity index (χ0) is 14.7. The first-order chi connectivity index (χ1) is 9.04. The normalized spacial score (nSPS) is 9.53. The van der Waals surface area contributed by atoms with Crippen LogP contribution < -0.4 is 4.74 Å². The van der Waals surface area contributed by atoms with Crippen LogP contribution in [0.2, 0.25) is 0 Å². The molecular weight excluding hydrogens is 236 g/mol. The first kappa shape index (κ1) is 17.7. The minimum atomic E-state index is 0.289. The van der Waals surface area contributed by atoms with Gasteiger partial charge >= 0.3 is 0 Å². The van der Waals surface area contributed by atoms with Crippen molar-refractivity contribution in [2.24, 2.45) is 0 Å². The van der Waals surface area contributed by atoms with Crippen LogP contribution in [0.5, 0.6) is 5.75 Å². The highest BCUT2D eigenvalue weighted by atomic mass is 16.5. The summed E-state index contributed by atoms with van der Waals surface area (Å²) in [5.74, 6) is 1.30. The Labute approximate surface area is 118 Å². The SMILES string of the molecule is CCCC(C)=O.CCCCc1ccc(C)c(OC)c1. The molecular formula is C17H28O2. The third-order valence-electron chi connectivity index (χ3n) is 2.89. The Morgan fingerprint density at radius 1 is 1.21 bits per heavy atom. The van der Waals surface area contributed by atoms with Crippen molar-refractivity contribution < 1.29 is 9.53 Å². The van der Waals surface area contributed by atoms with Crippen molar-refractivity contribution in [2.45, 2.75) is 59.8 Å². The van der Waals surface area contributed by atoms with Crippen LogP contribution in [0.25, 0.3) is 0 Å². The van der Waals surface area contributed by atoms with Gasteiger partial charge in [-0.2, -0.15) is 0 Å². The van der Waals surface area contributed by atoms with E-state index in [0.29, 0.717) is 0 Å². The minimum absolute atomic E-state index is 0.289. The number of unbranched alkanes of at least 4 members (excludes halogenated alkanes) is 1. The fourth-order valence-corrected chi connectivity index (χ4v) is 1.75. The van der Waals surface area contributed by atoms with Gasteiger partial charge in [0.15, 0.2) is 0 Å². The molecule has 108 valence electrons. The minimum Gasteiger partial charge on any atom is -0.496 e. The molecule has 0 radical (unpaired) electrons. The van der Waals surface area contributed by atoms with Crippen molar-refractivity contribution in [1.29, 1.82) is 0 Å². The number of ether oxygens (including phenoxy) is 1. The maximum atomic E-state index is 10.0. The van der Waals surface area contributed by atoms with E-state index in [2.05, 4.69) is 32.0 Å². The van der Waals surface area contributed by atoms with E-state index in [-0.39, 0.29) is 5.78 Å². The largest absolute Gasteiger partial charge is 0.496 e. The molecule has 2 heteroatoms. The van der Waals surface area contributed by atoms with Crippen LogP contribution in [0.15, 0.2) is 18.2 Å². The molecule has 0 unspecified atom stereocenters. The number of carbonyl (C=O) groups excluding carboxylic acids is 1. The Balaban J connectivity index is 0.000000459. The summed E-state index contributed by atoms with van der Waals surface area (Å²) in [5.41, 5.74) is 2.59. The highest BCUT2D eigenvalue weighted by Crippen LogP contribution is 2.19. The van der Waals surface area contributed by atoms with Crippen molar-refractivity contribution in [3.8, 4) is 5.75 Å². The predicted molar refractivity (Wildman–Crippen MR) is 81.9 cm³/mol. The molecule has 0 spiro atoms. The topological polar surface area (TPSA) is 26.3 Å². The maximum Gasteiger partial charge on any atom is 0.129 e. The number of benzene rings is 1. The summed E-state index contributed by atoms with van der Waals surface area (Å²) in [6.07, 6.45) is 5.38. The van der Waals surface area contributed by atoms with Gasteiger partial charge in [-0.1, -0.05) is 32.4 Å². The lowest BCUT2D eigenvalue weighted by Crippen LogP contribution is -1.90. The van der Waals surface area contributed by atoms with E-state index in [4.69, 9.17) is 4.74 Å². The maximum absolute atomic E-state index is 10.0. The third kappa shape index (κ3) is 8.41. The van der Waals surface area contributed by atoms with Crippen molar-refractivity contribution >= 4 is 5.78 Å². The number of hydrogen-bond acceptors (Lipinski definition) is 2. The quantitative estimate of drug-likeness (QED) is 0.743. The first-order valence-electron chi connectivity index (χ1n) is 7.18. The molecule has 1 aromatic rings. The molecule has 0 amide bonds. The summed E-state index contributed by atoms with van der Waals surface area (Å²) in [7, 11) is 1.73. The Morgan fingerprint density at radius 2 is 1.89 bits per heavy atom. The molecule has 0 saturated heterocycles. The lowest BCUT2D eigenvalue weighted by atomic mass is 10.1. The van der Waals surface area contributed by atoms with E-state index in [1.165, 1.54) is 24.0 Å². The zero-order valence-electron chi connectivity index (χ0n) is 13.1. The monoisotopic (exact) mass is 264 g/mol. The molecule has 0 aromatic heterocycles. The van der Waals surface area contributed by atoms with Crippen LogP contribution in [-0.2, 0) is 11.2 Å². The second kappa shape index (κ2) is 10.6. The Morgan fingerprint density at radius 3 is 2.32 bits per heavy atom. The van der Waals surface area contributed by atoms with Gasteiger partial charge in [-0.25, -0.2) is 0 Å². The molecule has 0 aliphatic heterocycles. The van der Waals surface area contributed by atoms with Crippen LogP contribution in [0.3, 0.4) is 0 Å². The predicted octanol–water partition coefficient (Wildman–Crippen LogP) is 4.72. The van der Waals surface area contributed by atoms with Crippen LogP contribution >= 0.6 is 0 Å². The number of methoxy groups -OCH3 is 1. The van der Waals surface area contributed by atoms with Gasteiger partial charge in [0, 0.05) is 6.42 Å². The van der Waals surface area contributed by atoms with Crippen molar-refractivity contribution in [1.82, 2.24) is 0 Å². The fourth-order valence-electron chi connectivity index (χ4n) is 1.75. The van der Waals surface area contributed by atoms with Gasteiger partial charge in [0.2, 0.25) is 0 Å². The standard InChI is InChI=1S/C12H18O.C5H10O/c1-4-5-6-11-8-7-10(2)12(9-11)13-3;1-3-4-5(2)6/h7-9H,4-6H2,1-3H3;3-4H2,1-2H3. The fraction of sp³-hybridized carbons (Fsp3) is 0.588. The van der Waals surface area contributed by atoms with E-state index in [9.17, 15) is 4.79 Å². The number of rotatable bonds is 6. The zero-order valence-corrected chi connectivity index (χ0v) is 13.1. The lowest BCUT2D eigenvalue weighted by molar-refractivity contribution is -0.117. The molecule has 0 bridgehead atoms. The summed E-state index contributed by atoms with van der Waals surface area (Å²) in [6, 6.07) is 6.46. The van der Waals surface area contributed by atoms with Crippen LogP contribution in [0.1, 0.15) is 57.6 Å². The number of aryl methyl sites for hydroxylation is 2. The number of ketones is 1. The van der Waals surface area contributed by atoms with Gasteiger partial charge < -0.3 is 9.53 Å². The van der Waals surface area contributed by atoms with Crippen LogP contribution in [0, 0.1) is 6.92 Å². The lowest BCUT2D eigenvalue weighted by Gasteiger charge is -2.06. The van der Waals surface area contributed by atoms with E-state index in [1.807, 2.05) is 6.92 Å². The summed E-state index contributed by atoms with van der Waals surface area (Å²) in [5, 5.41) is 0. The van der Waals surface area contributed by atoms with Gasteiger partial charge in [-0.05, 0) is 50.3 Å². The first-order valence-corrected chi connectivity index (χ1v) is 7.18. The molecule has 0 N–H and O–H groups in total. The molecule has 0 atom stereocenters. The van der Waals surface area contributed by atoms with Gasteiger partial charge in [-0.15, -0.1) is 0 Å². The molecule has 0 fully saturated rings. The molecule has 0 aliphatic rings. The smallest absolute Gasteiger partial charge is 0.129 e. The molecule has 1 aromatic carbocycles. The highest BCUT2D eigenvalue weighted by Gasteiger charge is 1.99. The number of hydrogen-bond donors (Lipinski definition) is 0. The van der Waals surface area contributed by atoms with Gasteiger partial charge in [-0.3, -0.25) is 0 Å². The Bertz CT molecular complexity index is 370. The van der Waals surface area contributed by atoms with Crippen molar-refractivity contribution in [2.75, 3.05) is 7.11 Å². The molecule has 1 rings (SSSR count). The van der Waals surface area contributed by atoms with Crippen molar-refractivity contribution in [3.63, 3.8) is 0 Å². The summed E-state index contributed by atoms with van der Waals surface area (Å²) < 4.78 is 5.27. The molecule has 0 aliphatic carbocycles. The van der Waals surface area contributed by atoms with Crippen LogP contribution in [-0.4, -0.2) is 12.9 Å². The van der Waals surface area contributed by atoms with E-state index >= 15 is 0 Å². The van der Waals surface area contributed by atoms with Gasteiger partial charge in [0.1, 0.15) is 11.5 Å². The van der Waals surface area contributed by atoms with Gasteiger partial charge in [0.05, 0.1) is 7.11 Å². The average molecular weight is 264 g/mol. The Hall–Kier alpha value is -1.31.